The molecule has 23 heavy (non-hydrogen) atoms. The molecule has 0 heterocycles. The first-order valence-corrected chi connectivity index (χ1v) is 8.63. The second-order valence-corrected chi connectivity index (χ2v) is 6.07. The molecule has 0 amide bonds. The number of carbonyl (C=O) groups excluding carboxylic acids is 1. The number of rotatable bonds is 8. The second-order valence-electron chi connectivity index (χ2n) is 5.22. The van der Waals surface area contributed by atoms with Gasteiger partial charge in [0, 0.05) is 0 Å². The Morgan fingerprint density at radius 3 is 2.57 bits per heavy atom. The first-order chi connectivity index (χ1) is 11.2. The monoisotopic (exact) mass is 376 g/mol. The number of ether oxygens (including phenoxy) is 2. The predicted molar refractivity (Wildman–Crippen MR) is 95.0 cm³/mol. The standard InChI is InChI=1S/C19H21BrO3/c1-2-12-22-18-11-10-16(14-17(18)20)19(21)23-13-6-9-15-7-4-3-5-8-15/h3-5,7-8,10-11,14H,2,6,9,12-13H2,1H3. The van der Waals surface area contributed by atoms with E-state index in [9.17, 15) is 4.79 Å². The Labute approximate surface area is 145 Å². The molecular formula is C19H21BrO3. The Bertz CT molecular complexity index is 626. The average molecular weight is 377 g/mol. The van der Waals surface area contributed by atoms with Crippen LogP contribution < -0.4 is 4.74 Å². The lowest BCUT2D eigenvalue weighted by Crippen LogP contribution is -2.07. The minimum atomic E-state index is -0.305. The van der Waals surface area contributed by atoms with Gasteiger partial charge in [-0.3, -0.25) is 0 Å². The van der Waals surface area contributed by atoms with E-state index in [4.69, 9.17) is 9.47 Å². The molecule has 0 bridgehead atoms. The zero-order valence-electron chi connectivity index (χ0n) is 13.3. The minimum Gasteiger partial charge on any atom is -0.492 e. The van der Waals surface area contributed by atoms with Gasteiger partial charge >= 0.3 is 5.97 Å². The third kappa shape index (κ3) is 5.71. The summed E-state index contributed by atoms with van der Waals surface area (Å²) in [5.41, 5.74) is 1.78. The van der Waals surface area contributed by atoms with E-state index in [1.165, 1.54) is 5.56 Å². The van der Waals surface area contributed by atoms with Gasteiger partial charge in [-0.2, -0.15) is 0 Å². The van der Waals surface area contributed by atoms with Gasteiger partial charge < -0.3 is 9.47 Å². The summed E-state index contributed by atoms with van der Waals surface area (Å²) in [7, 11) is 0. The molecule has 0 atom stereocenters. The Morgan fingerprint density at radius 1 is 1.09 bits per heavy atom. The fourth-order valence-electron chi connectivity index (χ4n) is 2.13. The summed E-state index contributed by atoms with van der Waals surface area (Å²) in [5, 5.41) is 0. The van der Waals surface area contributed by atoms with Crippen LogP contribution in [0.25, 0.3) is 0 Å². The van der Waals surface area contributed by atoms with Crippen molar-refractivity contribution in [1.29, 1.82) is 0 Å². The van der Waals surface area contributed by atoms with E-state index in [1.54, 1.807) is 18.2 Å². The number of hydrogen-bond donors (Lipinski definition) is 0. The molecule has 0 N–H and O–H groups in total. The molecule has 4 heteroatoms. The lowest BCUT2D eigenvalue weighted by Gasteiger charge is -2.09. The third-order valence-electron chi connectivity index (χ3n) is 3.32. The maximum Gasteiger partial charge on any atom is 0.338 e. The summed E-state index contributed by atoms with van der Waals surface area (Å²) in [6, 6.07) is 15.4. The topological polar surface area (TPSA) is 35.5 Å². The van der Waals surface area contributed by atoms with Gasteiger partial charge in [-0.1, -0.05) is 37.3 Å². The Balaban J connectivity index is 1.80. The van der Waals surface area contributed by atoms with Crippen LogP contribution in [0.1, 0.15) is 35.7 Å². The number of aryl methyl sites for hydroxylation is 1. The molecule has 0 spiro atoms. The molecule has 2 aromatic rings. The van der Waals surface area contributed by atoms with Crippen molar-refractivity contribution in [2.45, 2.75) is 26.2 Å². The van der Waals surface area contributed by atoms with Crippen molar-refractivity contribution < 1.29 is 14.3 Å². The van der Waals surface area contributed by atoms with Gasteiger partial charge in [0.2, 0.25) is 0 Å². The Hall–Kier alpha value is -1.81. The minimum absolute atomic E-state index is 0.305. The van der Waals surface area contributed by atoms with Crippen molar-refractivity contribution in [3.05, 3.63) is 64.1 Å². The molecule has 122 valence electrons. The van der Waals surface area contributed by atoms with Crippen molar-refractivity contribution in [3.8, 4) is 5.75 Å². The van der Waals surface area contributed by atoms with E-state index >= 15 is 0 Å². The smallest absolute Gasteiger partial charge is 0.338 e. The number of hydrogen-bond acceptors (Lipinski definition) is 3. The summed E-state index contributed by atoms with van der Waals surface area (Å²) in [6.45, 7) is 3.12. The molecule has 2 rings (SSSR count). The second kappa shape index (κ2) is 9.36. The van der Waals surface area contributed by atoms with Gasteiger partial charge in [0.15, 0.2) is 0 Å². The van der Waals surface area contributed by atoms with Crippen LogP contribution in [0.5, 0.6) is 5.75 Å². The van der Waals surface area contributed by atoms with E-state index in [0.29, 0.717) is 18.8 Å². The highest BCUT2D eigenvalue weighted by molar-refractivity contribution is 9.10. The van der Waals surface area contributed by atoms with E-state index in [1.807, 2.05) is 18.2 Å². The van der Waals surface area contributed by atoms with Crippen LogP contribution in [0, 0.1) is 0 Å². The van der Waals surface area contributed by atoms with Crippen LogP contribution in [0.3, 0.4) is 0 Å². The fourth-order valence-corrected chi connectivity index (χ4v) is 2.62. The van der Waals surface area contributed by atoms with Gasteiger partial charge in [-0.05, 0) is 59.0 Å². The van der Waals surface area contributed by atoms with E-state index in [-0.39, 0.29) is 5.97 Å². The maximum absolute atomic E-state index is 12.0. The zero-order valence-corrected chi connectivity index (χ0v) is 14.8. The molecule has 0 aliphatic heterocycles. The fraction of sp³-hybridized carbons (Fsp3) is 0.316. The highest BCUT2D eigenvalue weighted by Crippen LogP contribution is 2.26. The summed E-state index contributed by atoms with van der Waals surface area (Å²) in [4.78, 5) is 12.0. The van der Waals surface area contributed by atoms with Crippen molar-refractivity contribution in [2.75, 3.05) is 13.2 Å². The lowest BCUT2D eigenvalue weighted by atomic mass is 10.1. The Morgan fingerprint density at radius 2 is 1.87 bits per heavy atom. The molecule has 3 nitrogen and oxygen atoms in total. The van der Waals surface area contributed by atoms with Crippen molar-refractivity contribution in [2.24, 2.45) is 0 Å². The van der Waals surface area contributed by atoms with Crippen LogP contribution >= 0.6 is 15.9 Å². The molecule has 2 aromatic carbocycles. The summed E-state index contributed by atoms with van der Waals surface area (Å²) < 4.78 is 11.7. The molecule has 0 unspecified atom stereocenters. The molecule has 0 radical (unpaired) electrons. The van der Waals surface area contributed by atoms with Crippen LogP contribution in [-0.2, 0) is 11.2 Å². The van der Waals surface area contributed by atoms with E-state index < -0.39 is 0 Å². The number of esters is 1. The van der Waals surface area contributed by atoms with E-state index in [2.05, 4.69) is 35.0 Å². The molecule has 0 aliphatic rings. The van der Waals surface area contributed by atoms with Crippen LogP contribution in [0.15, 0.2) is 53.0 Å². The average Bonchev–Trinajstić information content (AvgIpc) is 2.58. The highest BCUT2D eigenvalue weighted by atomic mass is 79.9. The van der Waals surface area contributed by atoms with Crippen LogP contribution in [0.2, 0.25) is 0 Å². The molecule has 0 aromatic heterocycles. The summed E-state index contributed by atoms with van der Waals surface area (Å²) >= 11 is 3.43. The number of carbonyl (C=O) groups is 1. The van der Waals surface area contributed by atoms with Gasteiger partial charge in [0.05, 0.1) is 23.2 Å². The van der Waals surface area contributed by atoms with E-state index in [0.717, 1.165) is 29.5 Å². The van der Waals surface area contributed by atoms with Gasteiger partial charge in [0.1, 0.15) is 5.75 Å². The Kier molecular flexibility index (Phi) is 7.14. The first-order valence-electron chi connectivity index (χ1n) is 7.84. The summed E-state index contributed by atoms with van der Waals surface area (Å²) in [5.74, 6) is 0.438. The lowest BCUT2D eigenvalue weighted by molar-refractivity contribution is 0.0500. The molecule has 0 saturated carbocycles. The predicted octanol–water partition coefficient (Wildman–Crippen LogP) is 5.03. The molecule has 0 aliphatic carbocycles. The normalized spacial score (nSPS) is 10.3. The van der Waals surface area contributed by atoms with Crippen LogP contribution in [-0.4, -0.2) is 19.2 Å². The highest BCUT2D eigenvalue weighted by Gasteiger charge is 2.10. The molecule has 0 saturated heterocycles. The molecular weight excluding hydrogens is 356 g/mol. The van der Waals surface area contributed by atoms with Crippen LogP contribution in [0.4, 0.5) is 0 Å². The number of benzene rings is 2. The maximum atomic E-state index is 12.0. The largest absolute Gasteiger partial charge is 0.492 e. The van der Waals surface area contributed by atoms with Gasteiger partial charge in [-0.25, -0.2) is 4.79 Å². The molecule has 0 fully saturated rings. The van der Waals surface area contributed by atoms with Gasteiger partial charge in [0.25, 0.3) is 0 Å². The number of halogens is 1. The quantitative estimate of drug-likeness (QED) is 0.478. The van der Waals surface area contributed by atoms with Crippen molar-refractivity contribution >= 4 is 21.9 Å². The SMILES string of the molecule is CCCOc1ccc(C(=O)OCCCc2ccccc2)cc1Br. The van der Waals surface area contributed by atoms with Gasteiger partial charge in [-0.15, -0.1) is 0 Å². The summed E-state index contributed by atoms with van der Waals surface area (Å²) in [6.07, 6.45) is 2.66. The van der Waals surface area contributed by atoms with Crippen molar-refractivity contribution in [1.82, 2.24) is 0 Å². The van der Waals surface area contributed by atoms with Crippen molar-refractivity contribution in [3.63, 3.8) is 0 Å². The first kappa shape index (κ1) is 17.5. The zero-order chi connectivity index (χ0) is 16.5. The third-order valence-corrected chi connectivity index (χ3v) is 3.93.